The minimum Gasteiger partial charge on any atom is -0.322 e. The molecular weight excluding hydrogens is 273 g/mol. The zero-order valence-corrected chi connectivity index (χ0v) is 10.7. The van der Waals surface area contributed by atoms with Crippen molar-refractivity contribution in [1.29, 1.82) is 0 Å². The smallest absolute Gasteiger partial charge is 0.0496 e. The van der Waals surface area contributed by atoms with Crippen molar-refractivity contribution in [2.75, 3.05) is 0 Å². The first-order valence-electron chi connectivity index (χ1n) is 4.83. The summed E-state index contributed by atoms with van der Waals surface area (Å²) in [6.07, 6.45) is 5.06. The van der Waals surface area contributed by atoms with Gasteiger partial charge in [0, 0.05) is 27.6 Å². The van der Waals surface area contributed by atoms with Crippen molar-refractivity contribution in [3.8, 4) is 5.69 Å². The van der Waals surface area contributed by atoms with E-state index in [1.807, 2.05) is 30.6 Å². The third-order valence-corrected chi connectivity index (χ3v) is 3.07. The van der Waals surface area contributed by atoms with Crippen molar-refractivity contribution in [3.05, 3.63) is 51.7 Å². The van der Waals surface area contributed by atoms with Gasteiger partial charge in [0.25, 0.3) is 0 Å². The highest BCUT2D eigenvalue weighted by Gasteiger charge is 2.04. The zero-order valence-electron chi connectivity index (χ0n) is 8.37. The summed E-state index contributed by atoms with van der Waals surface area (Å²) in [5, 5.41) is 0.770. The summed E-state index contributed by atoms with van der Waals surface area (Å²) < 4.78 is 3.15. The van der Waals surface area contributed by atoms with Gasteiger partial charge < -0.3 is 4.57 Å². The fourth-order valence-corrected chi connectivity index (χ4v) is 2.10. The summed E-state index contributed by atoms with van der Waals surface area (Å²) in [5.74, 6) is 0. The number of aromatic nitrogens is 1. The van der Waals surface area contributed by atoms with E-state index in [9.17, 15) is 0 Å². The lowest BCUT2D eigenvalue weighted by molar-refractivity contribution is 1.02. The van der Waals surface area contributed by atoms with Crippen LogP contribution in [0.1, 0.15) is 12.5 Å². The Morgan fingerprint density at radius 1 is 1.33 bits per heavy atom. The first-order valence-corrected chi connectivity index (χ1v) is 6.00. The second kappa shape index (κ2) is 4.42. The quantitative estimate of drug-likeness (QED) is 0.767. The molecule has 78 valence electrons. The Labute approximate surface area is 103 Å². The Bertz CT molecular complexity index is 476. The van der Waals surface area contributed by atoms with Crippen molar-refractivity contribution >= 4 is 27.5 Å². The van der Waals surface area contributed by atoms with Gasteiger partial charge >= 0.3 is 0 Å². The lowest BCUT2D eigenvalue weighted by Gasteiger charge is -2.09. The van der Waals surface area contributed by atoms with Crippen molar-refractivity contribution in [2.24, 2.45) is 0 Å². The van der Waals surface area contributed by atoms with Crippen LogP contribution in [0.5, 0.6) is 0 Å². The number of hydrogen-bond acceptors (Lipinski definition) is 0. The Morgan fingerprint density at radius 2 is 2.13 bits per heavy atom. The average molecular weight is 285 g/mol. The molecule has 1 aromatic carbocycles. The van der Waals surface area contributed by atoms with Gasteiger partial charge in [0.05, 0.1) is 0 Å². The highest BCUT2D eigenvalue weighted by atomic mass is 79.9. The molecule has 15 heavy (non-hydrogen) atoms. The Morgan fingerprint density at radius 3 is 2.73 bits per heavy atom. The van der Waals surface area contributed by atoms with E-state index in [4.69, 9.17) is 11.6 Å². The van der Waals surface area contributed by atoms with Crippen LogP contribution < -0.4 is 0 Å². The zero-order chi connectivity index (χ0) is 10.8. The van der Waals surface area contributed by atoms with Gasteiger partial charge in [0.1, 0.15) is 0 Å². The van der Waals surface area contributed by atoms with E-state index in [2.05, 4.69) is 33.5 Å². The van der Waals surface area contributed by atoms with Gasteiger partial charge in [-0.2, -0.15) is 0 Å². The summed E-state index contributed by atoms with van der Waals surface area (Å²) in [5.41, 5.74) is 2.44. The van der Waals surface area contributed by atoms with Crippen molar-refractivity contribution in [2.45, 2.75) is 13.3 Å². The van der Waals surface area contributed by atoms with Gasteiger partial charge in [0.2, 0.25) is 0 Å². The summed E-state index contributed by atoms with van der Waals surface area (Å²) in [4.78, 5) is 0. The molecule has 0 fully saturated rings. The van der Waals surface area contributed by atoms with Crippen LogP contribution in [0, 0.1) is 0 Å². The predicted molar refractivity (Wildman–Crippen MR) is 67.9 cm³/mol. The maximum Gasteiger partial charge on any atom is 0.0496 e. The normalized spacial score (nSPS) is 10.6. The number of hydrogen-bond donors (Lipinski definition) is 0. The minimum atomic E-state index is 0.770. The first kappa shape index (κ1) is 10.8. The molecule has 0 N–H and O–H groups in total. The molecule has 2 aromatic rings. The van der Waals surface area contributed by atoms with Crippen LogP contribution in [0.4, 0.5) is 0 Å². The second-order valence-corrected chi connectivity index (χ2v) is 4.72. The van der Waals surface area contributed by atoms with Crippen LogP contribution in [0.15, 0.2) is 41.1 Å². The number of aryl methyl sites for hydroxylation is 1. The highest BCUT2D eigenvalue weighted by Crippen LogP contribution is 2.22. The number of benzene rings is 1. The molecule has 0 atom stereocenters. The van der Waals surface area contributed by atoms with E-state index in [0.29, 0.717) is 0 Å². The molecule has 0 spiro atoms. The molecule has 1 heterocycles. The van der Waals surface area contributed by atoms with E-state index >= 15 is 0 Å². The summed E-state index contributed by atoms with van der Waals surface area (Å²) in [6.45, 7) is 2.14. The lowest BCUT2D eigenvalue weighted by atomic mass is 10.1. The summed E-state index contributed by atoms with van der Waals surface area (Å²) in [6, 6.07) is 8.02. The molecule has 0 unspecified atom stereocenters. The third-order valence-electron chi connectivity index (χ3n) is 2.36. The molecule has 0 aliphatic carbocycles. The lowest BCUT2D eigenvalue weighted by Crippen LogP contribution is -1.95. The fourth-order valence-electron chi connectivity index (χ4n) is 1.60. The SMILES string of the molecule is CCc1ccc(Cl)cc1-n1ccc(Br)c1. The molecular formula is C12H11BrClN. The molecule has 0 aliphatic rings. The largest absolute Gasteiger partial charge is 0.322 e. The first-order chi connectivity index (χ1) is 7.20. The summed E-state index contributed by atoms with van der Waals surface area (Å²) in [7, 11) is 0. The van der Waals surface area contributed by atoms with E-state index in [1.54, 1.807) is 0 Å². The van der Waals surface area contributed by atoms with Crippen LogP contribution in [0.3, 0.4) is 0 Å². The molecule has 1 nitrogen and oxygen atoms in total. The topological polar surface area (TPSA) is 4.93 Å². The standard InChI is InChI=1S/C12H11BrClN/c1-2-9-3-4-11(14)7-12(9)15-6-5-10(13)8-15/h3-8H,2H2,1H3. The van der Waals surface area contributed by atoms with Gasteiger partial charge in [-0.3, -0.25) is 0 Å². The fraction of sp³-hybridized carbons (Fsp3) is 0.167. The van der Waals surface area contributed by atoms with Gasteiger partial charge in [-0.15, -0.1) is 0 Å². The van der Waals surface area contributed by atoms with Gasteiger partial charge in [0.15, 0.2) is 0 Å². The number of nitrogens with zero attached hydrogens (tertiary/aromatic N) is 1. The van der Waals surface area contributed by atoms with Crippen molar-refractivity contribution in [1.82, 2.24) is 4.57 Å². The molecule has 3 heteroatoms. The van der Waals surface area contributed by atoms with Crippen LogP contribution in [0.2, 0.25) is 5.02 Å². The molecule has 0 amide bonds. The molecule has 1 aromatic heterocycles. The molecule has 0 bridgehead atoms. The maximum atomic E-state index is 6.01. The Kier molecular flexibility index (Phi) is 3.17. The van der Waals surface area contributed by atoms with Crippen LogP contribution >= 0.6 is 27.5 Å². The molecule has 0 saturated carbocycles. The Hall–Kier alpha value is -0.730. The molecule has 0 aliphatic heterocycles. The minimum absolute atomic E-state index is 0.770. The summed E-state index contributed by atoms with van der Waals surface area (Å²) >= 11 is 9.45. The molecule has 2 rings (SSSR count). The predicted octanol–water partition coefficient (Wildman–Crippen LogP) is 4.46. The van der Waals surface area contributed by atoms with Gasteiger partial charge in [-0.1, -0.05) is 24.6 Å². The number of halogens is 2. The number of rotatable bonds is 2. The van der Waals surface area contributed by atoms with E-state index < -0.39 is 0 Å². The van der Waals surface area contributed by atoms with Crippen LogP contribution in [-0.2, 0) is 6.42 Å². The molecule has 0 radical (unpaired) electrons. The second-order valence-electron chi connectivity index (χ2n) is 3.36. The van der Waals surface area contributed by atoms with Gasteiger partial charge in [-0.25, -0.2) is 0 Å². The maximum absolute atomic E-state index is 6.01. The van der Waals surface area contributed by atoms with E-state index in [0.717, 1.165) is 21.6 Å². The average Bonchev–Trinajstić information content (AvgIpc) is 2.65. The Balaban J connectivity index is 2.55. The van der Waals surface area contributed by atoms with Crippen LogP contribution in [-0.4, -0.2) is 4.57 Å². The van der Waals surface area contributed by atoms with Crippen molar-refractivity contribution < 1.29 is 0 Å². The third kappa shape index (κ3) is 2.27. The highest BCUT2D eigenvalue weighted by molar-refractivity contribution is 9.10. The van der Waals surface area contributed by atoms with Crippen LogP contribution in [0.25, 0.3) is 5.69 Å². The monoisotopic (exact) mass is 283 g/mol. The van der Waals surface area contributed by atoms with Crippen molar-refractivity contribution in [3.63, 3.8) is 0 Å². The van der Waals surface area contributed by atoms with Gasteiger partial charge in [-0.05, 0) is 46.1 Å². The van der Waals surface area contributed by atoms with E-state index in [1.165, 1.54) is 5.56 Å². The van der Waals surface area contributed by atoms with E-state index in [-0.39, 0.29) is 0 Å². The molecule has 0 saturated heterocycles.